The summed E-state index contributed by atoms with van der Waals surface area (Å²) >= 11 is 0. The quantitative estimate of drug-likeness (QED) is 0.297. The first-order chi connectivity index (χ1) is 18.1. The van der Waals surface area contributed by atoms with Crippen LogP contribution in [0.1, 0.15) is 68.8 Å². The van der Waals surface area contributed by atoms with E-state index in [0.29, 0.717) is 0 Å². The van der Waals surface area contributed by atoms with Crippen LogP contribution >= 0.6 is 0 Å². The number of ether oxygens (including phenoxy) is 3. The lowest BCUT2D eigenvalue weighted by Gasteiger charge is -2.40. The van der Waals surface area contributed by atoms with Crippen LogP contribution < -0.4 is 10.5 Å². The number of aliphatic hydroxyl groups excluding tert-OH is 2. The van der Waals surface area contributed by atoms with E-state index in [0.717, 1.165) is 0 Å². The number of carbonyl (C=O) groups excluding carboxylic acids is 3. The van der Waals surface area contributed by atoms with Gasteiger partial charge >= 0.3 is 0 Å². The van der Waals surface area contributed by atoms with Gasteiger partial charge in [0.1, 0.15) is 23.9 Å². The Morgan fingerprint density at radius 3 is 2.47 bits per heavy atom. The first-order valence-electron chi connectivity index (χ1n) is 12.3. The molecule has 1 fully saturated rings. The molecule has 2 aliphatic carbocycles. The number of benzene rings is 2. The van der Waals surface area contributed by atoms with E-state index in [1.54, 1.807) is 6.92 Å². The summed E-state index contributed by atoms with van der Waals surface area (Å²) in [6.07, 6.45) is -3.54. The molecule has 5 rings (SSSR count). The molecule has 1 saturated heterocycles. The Morgan fingerprint density at radius 1 is 1.11 bits per heavy atom. The number of phenols is 2. The molecule has 0 amide bonds. The smallest absolute Gasteiger partial charge is 0.202 e. The Hall–Kier alpha value is -3.35. The van der Waals surface area contributed by atoms with Crippen molar-refractivity contribution in [2.75, 3.05) is 13.7 Å². The lowest BCUT2D eigenvalue weighted by molar-refractivity contribution is -0.243. The minimum atomic E-state index is -1.06. The van der Waals surface area contributed by atoms with Crippen LogP contribution in [0.2, 0.25) is 0 Å². The lowest BCUT2D eigenvalue weighted by atomic mass is 9.73. The summed E-state index contributed by atoms with van der Waals surface area (Å²) in [5, 5.41) is 42.4. The minimum absolute atomic E-state index is 0.00621. The van der Waals surface area contributed by atoms with Crippen LogP contribution in [0.4, 0.5) is 0 Å². The first-order valence-corrected chi connectivity index (χ1v) is 12.3. The number of rotatable bonds is 5. The number of aliphatic hydroxyl groups is 2. The van der Waals surface area contributed by atoms with Gasteiger partial charge in [-0.15, -0.1) is 0 Å². The predicted octanol–water partition coefficient (Wildman–Crippen LogP) is 0.886. The summed E-state index contributed by atoms with van der Waals surface area (Å²) in [4.78, 5) is 39.6. The fourth-order valence-corrected chi connectivity index (χ4v) is 5.73. The highest BCUT2D eigenvalue weighted by atomic mass is 16.7. The molecule has 0 saturated carbocycles. The molecule has 38 heavy (non-hydrogen) atoms. The van der Waals surface area contributed by atoms with E-state index < -0.39 is 72.0 Å². The van der Waals surface area contributed by atoms with Gasteiger partial charge in [-0.25, -0.2) is 0 Å². The van der Waals surface area contributed by atoms with Gasteiger partial charge in [0, 0.05) is 35.1 Å². The number of nitrogens with two attached hydrogens (primary N) is 1. The Labute approximate surface area is 217 Å². The van der Waals surface area contributed by atoms with E-state index in [-0.39, 0.29) is 58.4 Å². The second-order valence-electron chi connectivity index (χ2n) is 9.93. The van der Waals surface area contributed by atoms with Crippen LogP contribution in [0.25, 0.3) is 0 Å². The second-order valence-corrected chi connectivity index (χ2v) is 9.93. The molecular formula is C27H29NO10. The molecule has 2 aromatic carbocycles. The zero-order valence-electron chi connectivity index (χ0n) is 20.8. The molecular weight excluding hydrogens is 498 g/mol. The van der Waals surface area contributed by atoms with Crippen molar-refractivity contribution in [1.29, 1.82) is 0 Å². The van der Waals surface area contributed by atoms with Crippen molar-refractivity contribution in [1.82, 2.24) is 0 Å². The minimum Gasteiger partial charge on any atom is -0.507 e. The molecule has 2 unspecified atom stereocenters. The summed E-state index contributed by atoms with van der Waals surface area (Å²) in [5.41, 5.74) is 5.39. The number of methoxy groups -OCH3 is 1. The van der Waals surface area contributed by atoms with E-state index in [4.69, 9.17) is 19.9 Å². The average Bonchev–Trinajstić information content (AvgIpc) is 2.90. The van der Waals surface area contributed by atoms with Crippen molar-refractivity contribution < 1.29 is 49.0 Å². The van der Waals surface area contributed by atoms with Crippen molar-refractivity contribution in [3.8, 4) is 17.2 Å². The zero-order valence-corrected chi connectivity index (χ0v) is 20.8. The van der Waals surface area contributed by atoms with Gasteiger partial charge in [0.05, 0.1) is 42.1 Å². The van der Waals surface area contributed by atoms with Gasteiger partial charge in [-0.3, -0.25) is 14.4 Å². The normalized spacial score (nSPS) is 28.3. The highest BCUT2D eigenvalue weighted by Gasteiger charge is 2.45. The van der Waals surface area contributed by atoms with Gasteiger partial charge < -0.3 is 40.4 Å². The number of Topliss-reactive ketones (excluding diaryl/α,β-unsaturated/α-hetero) is 1. The average molecular weight is 528 g/mol. The molecule has 2 aromatic rings. The van der Waals surface area contributed by atoms with Gasteiger partial charge in [-0.1, -0.05) is 12.1 Å². The molecule has 1 heterocycles. The van der Waals surface area contributed by atoms with E-state index in [1.807, 2.05) is 0 Å². The fourth-order valence-electron chi connectivity index (χ4n) is 5.73. The van der Waals surface area contributed by atoms with Gasteiger partial charge in [-0.2, -0.15) is 0 Å². The number of fused-ring (bicyclic) bond motifs is 3. The van der Waals surface area contributed by atoms with Crippen LogP contribution in [0.3, 0.4) is 0 Å². The number of aromatic hydroxyl groups is 2. The summed E-state index contributed by atoms with van der Waals surface area (Å²) in [6, 6.07) is 3.83. The van der Waals surface area contributed by atoms with Gasteiger partial charge in [0.2, 0.25) is 5.78 Å². The maximum absolute atomic E-state index is 13.6. The van der Waals surface area contributed by atoms with E-state index in [9.17, 15) is 34.8 Å². The van der Waals surface area contributed by atoms with E-state index in [2.05, 4.69) is 0 Å². The van der Waals surface area contributed by atoms with Crippen molar-refractivity contribution >= 4 is 17.3 Å². The van der Waals surface area contributed by atoms with Crippen molar-refractivity contribution in [2.45, 2.75) is 56.8 Å². The molecule has 6 N–H and O–H groups in total. The number of ketones is 3. The maximum atomic E-state index is 13.6. The number of phenolic OH excluding ortho intramolecular Hbond substituents is 2. The summed E-state index contributed by atoms with van der Waals surface area (Å²) in [6.45, 7) is 0.880. The second kappa shape index (κ2) is 9.75. The molecule has 11 heteroatoms. The molecule has 0 aromatic heterocycles. The predicted molar refractivity (Wildman–Crippen MR) is 130 cm³/mol. The Bertz CT molecular complexity index is 1330. The molecule has 0 radical (unpaired) electrons. The molecule has 0 bridgehead atoms. The summed E-state index contributed by atoms with van der Waals surface area (Å²) in [5.74, 6) is -3.64. The van der Waals surface area contributed by atoms with Crippen LogP contribution in [0.5, 0.6) is 17.2 Å². The Kier molecular flexibility index (Phi) is 6.74. The zero-order chi connectivity index (χ0) is 27.5. The molecule has 6 atom stereocenters. The number of hydrogen-bond donors (Lipinski definition) is 5. The number of carbonyl (C=O) groups is 3. The van der Waals surface area contributed by atoms with E-state index in [1.165, 1.54) is 25.3 Å². The molecule has 202 valence electrons. The van der Waals surface area contributed by atoms with Gasteiger partial charge in [-0.05, 0) is 25.8 Å². The molecule has 1 aliphatic heterocycles. The highest BCUT2D eigenvalue weighted by molar-refractivity contribution is 6.31. The SMILES string of the molecule is COc1cccc2c1C(=O)c1c(O)c3c(c(O)c1C2=O)CC(C(=O)CO)C[C@@H]3OC1C[C@H](N)[C@H](O)[C@H](C)O1. The third-order valence-corrected chi connectivity index (χ3v) is 7.71. The van der Waals surface area contributed by atoms with Crippen LogP contribution in [0, 0.1) is 5.92 Å². The third kappa shape index (κ3) is 3.98. The molecule has 11 nitrogen and oxygen atoms in total. The summed E-state index contributed by atoms with van der Waals surface area (Å²) < 4.78 is 17.2. The monoisotopic (exact) mass is 527 g/mol. The Morgan fingerprint density at radius 2 is 1.82 bits per heavy atom. The van der Waals surface area contributed by atoms with Crippen molar-refractivity contribution in [3.05, 3.63) is 51.6 Å². The first kappa shape index (κ1) is 26.3. The Balaban J connectivity index is 1.65. The van der Waals surface area contributed by atoms with Crippen LogP contribution in [-0.4, -0.2) is 76.0 Å². The van der Waals surface area contributed by atoms with E-state index >= 15 is 0 Å². The topological polar surface area (TPSA) is 186 Å². The van der Waals surface area contributed by atoms with Gasteiger partial charge in [0.15, 0.2) is 17.9 Å². The van der Waals surface area contributed by atoms with Crippen LogP contribution in [-0.2, 0) is 20.7 Å². The standard InChI is InChI=1S/C27H29NO10/c1-10-23(31)14(28)8-18(37-10)38-17-7-11(15(30)9-29)6-13-20(17)27(35)22-21(25(13)33)24(32)12-4-3-5-16(36-2)19(12)26(22)34/h3-5,10-11,14,17-18,23,29,31,33,35H,6-9,28H2,1-2H3/t10-,11?,14-,17-,18?,23+/m0/s1. The lowest BCUT2D eigenvalue weighted by Crippen LogP contribution is -2.52. The van der Waals surface area contributed by atoms with Crippen molar-refractivity contribution in [3.63, 3.8) is 0 Å². The third-order valence-electron chi connectivity index (χ3n) is 7.71. The fraction of sp³-hybridized carbons (Fsp3) is 0.444. The summed E-state index contributed by atoms with van der Waals surface area (Å²) in [7, 11) is 1.35. The van der Waals surface area contributed by atoms with Gasteiger partial charge in [0.25, 0.3) is 0 Å². The van der Waals surface area contributed by atoms with Crippen LogP contribution in [0.15, 0.2) is 18.2 Å². The van der Waals surface area contributed by atoms with Crippen molar-refractivity contribution in [2.24, 2.45) is 11.7 Å². The maximum Gasteiger partial charge on any atom is 0.202 e. The molecule has 3 aliphatic rings. The molecule has 0 spiro atoms. The highest BCUT2D eigenvalue weighted by Crippen LogP contribution is 2.51. The largest absolute Gasteiger partial charge is 0.507 e. The number of hydrogen-bond acceptors (Lipinski definition) is 11.